The molecule has 0 spiro atoms. The second kappa shape index (κ2) is 6.71. The summed E-state index contributed by atoms with van der Waals surface area (Å²) in [6.45, 7) is 4.59. The molecule has 108 valence electrons. The number of carboxylic acid groups (broad SMARTS) is 1. The zero-order chi connectivity index (χ0) is 14.4. The lowest BCUT2D eigenvalue weighted by molar-refractivity contribution is 0.0696. The van der Waals surface area contributed by atoms with Gasteiger partial charge in [0.2, 0.25) is 0 Å². The number of benzene rings is 1. The molecule has 0 radical (unpaired) electrons. The van der Waals surface area contributed by atoms with Crippen LogP contribution in [0.2, 0.25) is 0 Å². The molecule has 20 heavy (non-hydrogen) atoms. The average molecular weight is 273 g/mol. The van der Waals surface area contributed by atoms with E-state index in [1.54, 1.807) is 12.1 Å². The van der Waals surface area contributed by atoms with Crippen LogP contribution in [0.15, 0.2) is 36.9 Å². The zero-order valence-electron chi connectivity index (χ0n) is 11.9. The summed E-state index contributed by atoms with van der Waals surface area (Å²) in [5.41, 5.74) is 1.53. The quantitative estimate of drug-likeness (QED) is 0.776. The summed E-state index contributed by atoms with van der Waals surface area (Å²) in [7, 11) is 0. The van der Waals surface area contributed by atoms with Crippen LogP contribution >= 0.6 is 0 Å². The molecule has 1 aromatic rings. The molecule has 0 amide bonds. The fourth-order valence-corrected chi connectivity index (χ4v) is 3.06. The normalized spacial score (nSPS) is 17.6. The lowest BCUT2D eigenvalue weighted by Gasteiger charge is -2.38. The maximum absolute atomic E-state index is 11.0. The molecule has 1 saturated carbocycles. The third kappa shape index (κ3) is 3.70. The molecule has 1 fully saturated rings. The Hall–Kier alpha value is -1.61. The van der Waals surface area contributed by atoms with Gasteiger partial charge in [0, 0.05) is 12.1 Å². The number of hydrogen-bond acceptors (Lipinski definition) is 2. The zero-order valence-corrected chi connectivity index (χ0v) is 11.9. The van der Waals surface area contributed by atoms with Gasteiger partial charge in [-0.05, 0) is 37.0 Å². The summed E-state index contributed by atoms with van der Waals surface area (Å²) in [6.07, 6.45) is 9.16. The summed E-state index contributed by atoms with van der Waals surface area (Å²) >= 11 is 0. The Labute approximate surface area is 120 Å². The number of carbonyl (C=O) groups is 1. The van der Waals surface area contributed by atoms with Crippen LogP contribution in [0.25, 0.3) is 0 Å². The van der Waals surface area contributed by atoms with Crippen LogP contribution in [0.1, 0.15) is 54.4 Å². The lowest BCUT2D eigenvalue weighted by Crippen LogP contribution is -2.45. The van der Waals surface area contributed by atoms with Crippen molar-refractivity contribution in [3.63, 3.8) is 0 Å². The lowest BCUT2D eigenvalue weighted by atomic mass is 9.79. The van der Waals surface area contributed by atoms with Gasteiger partial charge in [0.1, 0.15) is 0 Å². The van der Waals surface area contributed by atoms with Crippen LogP contribution in [-0.4, -0.2) is 16.6 Å². The van der Waals surface area contributed by atoms with Crippen molar-refractivity contribution in [3.8, 4) is 0 Å². The summed E-state index contributed by atoms with van der Waals surface area (Å²) < 4.78 is 0. The topological polar surface area (TPSA) is 49.3 Å². The minimum absolute atomic E-state index is 0.152. The number of aromatic carboxylic acids is 1. The van der Waals surface area contributed by atoms with Crippen molar-refractivity contribution in [2.75, 3.05) is 0 Å². The molecular weight excluding hydrogens is 250 g/mol. The summed E-state index contributed by atoms with van der Waals surface area (Å²) in [5, 5.41) is 12.7. The molecule has 0 atom stereocenters. The van der Waals surface area contributed by atoms with Gasteiger partial charge in [-0.1, -0.05) is 37.5 Å². The molecule has 0 saturated heterocycles. The SMILES string of the molecule is C=CCC1(NCc2cccc(C(=O)O)c2)CCCCC1. The highest BCUT2D eigenvalue weighted by Crippen LogP contribution is 2.31. The molecule has 1 aromatic carbocycles. The van der Waals surface area contributed by atoms with Gasteiger partial charge in [0.25, 0.3) is 0 Å². The van der Waals surface area contributed by atoms with Crippen molar-refractivity contribution >= 4 is 5.97 Å². The maximum atomic E-state index is 11.0. The van der Waals surface area contributed by atoms with Crippen molar-refractivity contribution < 1.29 is 9.90 Å². The Morgan fingerprint density at radius 1 is 1.35 bits per heavy atom. The predicted octanol–water partition coefficient (Wildman–Crippen LogP) is 3.75. The van der Waals surface area contributed by atoms with Crippen LogP contribution in [0, 0.1) is 0 Å². The Balaban J connectivity index is 2.03. The first-order valence-electron chi connectivity index (χ1n) is 7.33. The smallest absolute Gasteiger partial charge is 0.335 e. The molecule has 0 bridgehead atoms. The molecular formula is C17H23NO2. The van der Waals surface area contributed by atoms with E-state index < -0.39 is 5.97 Å². The molecule has 3 heteroatoms. The van der Waals surface area contributed by atoms with Crippen molar-refractivity contribution in [1.29, 1.82) is 0 Å². The van der Waals surface area contributed by atoms with E-state index in [0.29, 0.717) is 5.56 Å². The fraction of sp³-hybridized carbons (Fsp3) is 0.471. The Morgan fingerprint density at radius 2 is 2.10 bits per heavy atom. The van der Waals surface area contributed by atoms with Gasteiger partial charge in [0.15, 0.2) is 0 Å². The summed E-state index contributed by atoms with van der Waals surface area (Å²) in [4.78, 5) is 11.0. The highest BCUT2D eigenvalue weighted by atomic mass is 16.4. The van der Waals surface area contributed by atoms with E-state index in [1.807, 2.05) is 18.2 Å². The van der Waals surface area contributed by atoms with E-state index in [2.05, 4.69) is 11.9 Å². The molecule has 0 unspecified atom stereocenters. The van der Waals surface area contributed by atoms with Crippen LogP contribution in [0.5, 0.6) is 0 Å². The van der Waals surface area contributed by atoms with Crippen LogP contribution in [-0.2, 0) is 6.54 Å². The molecule has 1 aliphatic carbocycles. The van der Waals surface area contributed by atoms with Gasteiger partial charge in [-0.3, -0.25) is 0 Å². The van der Waals surface area contributed by atoms with Crippen molar-refractivity contribution in [2.45, 2.75) is 50.6 Å². The second-order valence-electron chi connectivity index (χ2n) is 5.69. The van der Waals surface area contributed by atoms with Gasteiger partial charge >= 0.3 is 5.97 Å². The van der Waals surface area contributed by atoms with E-state index in [9.17, 15) is 4.79 Å². The van der Waals surface area contributed by atoms with Gasteiger partial charge in [-0.15, -0.1) is 6.58 Å². The standard InChI is InChI=1S/C17H23NO2/c1-2-9-17(10-4-3-5-11-17)18-13-14-7-6-8-15(12-14)16(19)20/h2,6-8,12,18H,1,3-5,9-11,13H2,(H,19,20). The third-order valence-electron chi connectivity index (χ3n) is 4.19. The van der Waals surface area contributed by atoms with Crippen LogP contribution < -0.4 is 5.32 Å². The first-order chi connectivity index (χ1) is 9.65. The first kappa shape index (κ1) is 14.8. The fourth-order valence-electron chi connectivity index (χ4n) is 3.06. The molecule has 3 nitrogen and oxygen atoms in total. The average Bonchev–Trinajstić information content (AvgIpc) is 2.47. The predicted molar refractivity (Wildman–Crippen MR) is 80.9 cm³/mol. The summed E-state index contributed by atoms with van der Waals surface area (Å²) in [6, 6.07) is 7.16. The third-order valence-corrected chi connectivity index (χ3v) is 4.19. The molecule has 2 N–H and O–H groups in total. The minimum atomic E-state index is -0.870. The van der Waals surface area contributed by atoms with Crippen molar-refractivity contribution in [2.24, 2.45) is 0 Å². The molecule has 0 heterocycles. The van der Waals surface area contributed by atoms with E-state index in [1.165, 1.54) is 32.1 Å². The minimum Gasteiger partial charge on any atom is -0.478 e. The molecule has 0 aliphatic heterocycles. The highest BCUT2D eigenvalue weighted by molar-refractivity contribution is 5.87. The number of carboxylic acids is 1. The van der Waals surface area contributed by atoms with Crippen molar-refractivity contribution in [1.82, 2.24) is 5.32 Å². The van der Waals surface area contributed by atoms with Crippen LogP contribution in [0.4, 0.5) is 0 Å². The number of rotatable bonds is 6. The number of nitrogens with one attached hydrogen (secondary N) is 1. The number of hydrogen-bond donors (Lipinski definition) is 2. The van der Waals surface area contributed by atoms with E-state index in [0.717, 1.165) is 18.5 Å². The van der Waals surface area contributed by atoms with Gasteiger partial charge in [-0.25, -0.2) is 4.79 Å². The Bertz CT molecular complexity index is 476. The highest BCUT2D eigenvalue weighted by Gasteiger charge is 2.29. The monoisotopic (exact) mass is 273 g/mol. The molecule has 0 aromatic heterocycles. The van der Waals surface area contributed by atoms with Crippen molar-refractivity contribution in [3.05, 3.63) is 48.0 Å². The Morgan fingerprint density at radius 3 is 2.75 bits per heavy atom. The molecule has 1 aliphatic rings. The van der Waals surface area contributed by atoms with Gasteiger partial charge in [0.05, 0.1) is 5.56 Å². The largest absolute Gasteiger partial charge is 0.478 e. The van der Waals surface area contributed by atoms with E-state index in [4.69, 9.17) is 5.11 Å². The second-order valence-corrected chi connectivity index (χ2v) is 5.69. The van der Waals surface area contributed by atoms with E-state index in [-0.39, 0.29) is 5.54 Å². The maximum Gasteiger partial charge on any atom is 0.335 e. The Kier molecular flexibility index (Phi) is 4.96. The van der Waals surface area contributed by atoms with Gasteiger partial charge < -0.3 is 10.4 Å². The van der Waals surface area contributed by atoms with Crippen LogP contribution in [0.3, 0.4) is 0 Å². The summed E-state index contributed by atoms with van der Waals surface area (Å²) in [5.74, 6) is -0.870. The van der Waals surface area contributed by atoms with E-state index >= 15 is 0 Å². The molecule has 2 rings (SSSR count). The van der Waals surface area contributed by atoms with Gasteiger partial charge in [-0.2, -0.15) is 0 Å². The first-order valence-corrected chi connectivity index (χ1v) is 7.33.